The quantitative estimate of drug-likeness (QED) is 0.836. The van der Waals surface area contributed by atoms with Gasteiger partial charge >= 0.3 is 0 Å². The van der Waals surface area contributed by atoms with E-state index in [0.717, 1.165) is 32.7 Å². The molecule has 0 unspecified atom stereocenters. The largest absolute Gasteiger partial charge is 0.497 e. The standard InChI is InChI=1S/C15H22N2O3/c1-4-16-7-9-17(10-8-16)15(18)13-6-5-12(19-2)11-14(13)20-3/h5-6,11H,4,7-10H2,1-3H3. The first-order chi connectivity index (χ1) is 9.69. The van der Waals surface area contributed by atoms with E-state index in [0.29, 0.717) is 17.1 Å². The minimum absolute atomic E-state index is 0.0280. The first-order valence-electron chi connectivity index (χ1n) is 6.93. The minimum atomic E-state index is 0.0280. The van der Waals surface area contributed by atoms with Gasteiger partial charge < -0.3 is 19.3 Å². The molecule has 1 aliphatic heterocycles. The second kappa shape index (κ2) is 6.61. The van der Waals surface area contributed by atoms with Crippen LogP contribution in [0.25, 0.3) is 0 Å². The van der Waals surface area contributed by atoms with Gasteiger partial charge in [-0.2, -0.15) is 0 Å². The molecule has 0 aromatic heterocycles. The molecule has 5 heteroatoms. The van der Waals surface area contributed by atoms with E-state index in [9.17, 15) is 4.79 Å². The number of carbonyl (C=O) groups is 1. The minimum Gasteiger partial charge on any atom is -0.497 e. The summed E-state index contributed by atoms with van der Waals surface area (Å²) in [5.41, 5.74) is 0.596. The molecule has 1 aromatic rings. The lowest BCUT2D eigenvalue weighted by Gasteiger charge is -2.34. The zero-order valence-electron chi connectivity index (χ0n) is 12.4. The van der Waals surface area contributed by atoms with Crippen molar-refractivity contribution in [1.82, 2.24) is 9.80 Å². The molecule has 1 aliphatic rings. The van der Waals surface area contributed by atoms with Crippen molar-refractivity contribution in [1.29, 1.82) is 0 Å². The Balaban J connectivity index is 2.13. The van der Waals surface area contributed by atoms with Gasteiger partial charge in [0.1, 0.15) is 11.5 Å². The zero-order chi connectivity index (χ0) is 14.5. The van der Waals surface area contributed by atoms with E-state index in [1.165, 1.54) is 0 Å². The lowest BCUT2D eigenvalue weighted by molar-refractivity contribution is 0.0640. The van der Waals surface area contributed by atoms with Gasteiger partial charge in [-0.25, -0.2) is 0 Å². The number of nitrogens with zero attached hydrogens (tertiary/aromatic N) is 2. The molecule has 0 saturated carbocycles. The number of benzene rings is 1. The highest BCUT2D eigenvalue weighted by Gasteiger charge is 2.23. The zero-order valence-corrected chi connectivity index (χ0v) is 12.4. The number of amides is 1. The predicted molar refractivity (Wildman–Crippen MR) is 77.6 cm³/mol. The van der Waals surface area contributed by atoms with Crippen LogP contribution in [0.2, 0.25) is 0 Å². The normalized spacial score (nSPS) is 16.1. The second-order valence-electron chi connectivity index (χ2n) is 4.79. The average Bonchev–Trinajstić information content (AvgIpc) is 2.53. The number of rotatable bonds is 4. The Hall–Kier alpha value is -1.75. The SMILES string of the molecule is CCN1CCN(C(=O)c2ccc(OC)cc2OC)CC1. The van der Waals surface area contributed by atoms with E-state index in [2.05, 4.69) is 11.8 Å². The molecule has 0 bridgehead atoms. The molecule has 0 spiro atoms. The van der Waals surface area contributed by atoms with Gasteiger partial charge in [-0.1, -0.05) is 6.92 Å². The Kier molecular flexibility index (Phi) is 4.84. The van der Waals surface area contributed by atoms with Crippen LogP contribution in [0.4, 0.5) is 0 Å². The molecule has 1 saturated heterocycles. The van der Waals surface area contributed by atoms with Crippen LogP contribution in [0.5, 0.6) is 11.5 Å². The van der Waals surface area contributed by atoms with Crippen molar-refractivity contribution in [3.63, 3.8) is 0 Å². The Bertz CT molecular complexity index is 468. The molecule has 5 nitrogen and oxygen atoms in total. The Morgan fingerprint density at radius 2 is 1.85 bits per heavy atom. The van der Waals surface area contributed by atoms with Gasteiger partial charge in [-0.3, -0.25) is 4.79 Å². The van der Waals surface area contributed by atoms with Crippen molar-refractivity contribution >= 4 is 5.91 Å². The molecule has 0 atom stereocenters. The summed E-state index contributed by atoms with van der Waals surface area (Å²) in [6.45, 7) is 6.57. The van der Waals surface area contributed by atoms with Crippen LogP contribution >= 0.6 is 0 Å². The summed E-state index contributed by atoms with van der Waals surface area (Å²) in [6.07, 6.45) is 0. The molecule has 1 aromatic carbocycles. The summed E-state index contributed by atoms with van der Waals surface area (Å²) in [7, 11) is 3.17. The van der Waals surface area contributed by atoms with Gasteiger partial charge in [0.05, 0.1) is 19.8 Å². The van der Waals surface area contributed by atoms with E-state index in [4.69, 9.17) is 9.47 Å². The second-order valence-corrected chi connectivity index (χ2v) is 4.79. The van der Waals surface area contributed by atoms with E-state index in [-0.39, 0.29) is 5.91 Å². The van der Waals surface area contributed by atoms with Gasteiger partial charge in [0.25, 0.3) is 5.91 Å². The van der Waals surface area contributed by atoms with Crippen molar-refractivity contribution in [2.24, 2.45) is 0 Å². The van der Waals surface area contributed by atoms with Gasteiger partial charge in [0.15, 0.2) is 0 Å². The predicted octanol–water partition coefficient (Wildman–Crippen LogP) is 1.48. The number of likely N-dealkylation sites (N-methyl/N-ethyl adjacent to an activating group) is 1. The lowest BCUT2D eigenvalue weighted by atomic mass is 10.1. The molecule has 0 radical (unpaired) electrons. The fraction of sp³-hybridized carbons (Fsp3) is 0.533. The van der Waals surface area contributed by atoms with Gasteiger partial charge in [0, 0.05) is 32.2 Å². The van der Waals surface area contributed by atoms with E-state index in [1.807, 2.05) is 4.90 Å². The van der Waals surface area contributed by atoms with Crippen LogP contribution in [-0.4, -0.2) is 62.7 Å². The Morgan fingerprint density at radius 3 is 2.40 bits per heavy atom. The van der Waals surface area contributed by atoms with Gasteiger partial charge in [-0.05, 0) is 18.7 Å². The number of methoxy groups -OCH3 is 2. The smallest absolute Gasteiger partial charge is 0.257 e. The summed E-state index contributed by atoms with van der Waals surface area (Å²) < 4.78 is 10.5. The third kappa shape index (κ3) is 3.04. The number of ether oxygens (including phenoxy) is 2. The van der Waals surface area contributed by atoms with Crippen molar-refractivity contribution in [3.05, 3.63) is 23.8 Å². The third-order valence-electron chi connectivity index (χ3n) is 3.75. The van der Waals surface area contributed by atoms with Crippen molar-refractivity contribution in [3.8, 4) is 11.5 Å². The van der Waals surface area contributed by atoms with E-state index in [1.54, 1.807) is 32.4 Å². The number of hydrogen-bond donors (Lipinski definition) is 0. The third-order valence-corrected chi connectivity index (χ3v) is 3.75. The molecule has 1 heterocycles. The van der Waals surface area contributed by atoms with Crippen LogP contribution in [0, 0.1) is 0 Å². The lowest BCUT2D eigenvalue weighted by Crippen LogP contribution is -2.48. The van der Waals surface area contributed by atoms with Crippen LogP contribution in [-0.2, 0) is 0 Å². The fourth-order valence-electron chi connectivity index (χ4n) is 2.41. The Morgan fingerprint density at radius 1 is 1.15 bits per heavy atom. The maximum absolute atomic E-state index is 12.6. The molecular formula is C15H22N2O3. The summed E-state index contributed by atoms with van der Waals surface area (Å²) in [5, 5.41) is 0. The van der Waals surface area contributed by atoms with Crippen LogP contribution in [0.15, 0.2) is 18.2 Å². The molecule has 1 amide bonds. The van der Waals surface area contributed by atoms with Crippen molar-refractivity contribution in [2.75, 3.05) is 46.9 Å². The van der Waals surface area contributed by atoms with Crippen LogP contribution in [0.1, 0.15) is 17.3 Å². The number of hydrogen-bond acceptors (Lipinski definition) is 4. The Labute approximate surface area is 120 Å². The molecule has 2 rings (SSSR count). The molecule has 0 N–H and O–H groups in total. The molecular weight excluding hydrogens is 256 g/mol. The highest BCUT2D eigenvalue weighted by atomic mass is 16.5. The summed E-state index contributed by atoms with van der Waals surface area (Å²) >= 11 is 0. The van der Waals surface area contributed by atoms with E-state index < -0.39 is 0 Å². The summed E-state index contributed by atoms with van der Waals surface area (Å²) in [6, 6.07) is 5.31. The van der Waals surface area contributed by atoms with Crippen molar-refractivity contribution in [2.45, 2.75) is 6.92 Å². The highest BCUT2D eigenvalue weighted by Crippen LogP contribution is 2.26. The fourth-order valence-corrected chi connectivity index (χ4v) is 2.41. The first-order valence-corrected chi connectivity index (χ1v) is 6.93. The highest BCUT2D eigenvalue weighted by molar-refractivity contribution is 5.97. The molecule has 1 fully saturated rings. The number of piperazine rings is 1. The summed E-state index contributed by atoms with van der Waals surface area (Å²) in [5.74, 6) is 1.28. The van der Waals surface area contributed by atoms with Gasteiger partial charge in [0.2, 0.25) is 0 Å². The van der Waals surface area contributed by atoms with E-state index >= 15 is 0 Å². The topological polar surface area (TPSA) is 42.0 Å². The first kappa shape index (κ1) is 14.7. The molecule has 110 valence electrons. The van der Waals surface area contributed by atoms with Crippen LogP contribution in [0.3, 0.4) is 0 Å². The number of carbonyl (C=O) groups excluding carboxylic acids is 1. The summed E-state index contributed by atoms with van der Waals surface area (Å²) in [4.78, 5) is 16.8. The average molecular weight is 278 g/mol. The maximum Gasteiger partial charge on any atom is 0.257 e. The molecule has 20 heavy (non-hydrogen) atoms. The maximum atomic E-state index is 12.6. The van der Waals surface area contributed by atoms with Gasteiger partial charge in [-0.15, -0.1) is 0 Å². The monoisotopic (exact) mass is 278 g/mol. The van der Waals surface area contributed by atoms with Crippen molar-refractivity contribution < 1.29 is 14.3 Å². The van der Waals surface area contributed by atoms with Crippen LogP contribution < -0.4 is 9.47 Å². The molecule has 0 aliphatic carbocycles.